The van der Waals surface area contributed by atoms with Gasteiger partial charge in [-0.3, -0.25) is 4.79 Å². The van der Waals surface area contributed by atoms with Crippen LogP contribution in [0.1, 0.15) is 33.6 Å². The zero-order valence-electron chi connectivity index (χ0n) is 11.7. The van der Waals surface area contributed by atoms with Crippen molar-refractivity contribution in [2.45, 2.75) is 46.0 Å². The predicted molar refractivity (Wildman–Crippen MR) is 70.7 cm³/mol. The molecule has 6 heteroatoms. The van der Waals surface area contributed by atoms with Crippen LogP contribution in [0.25, 0.3) is 0 Å². The molecule has 1 unspecified atom stereocenters. The lowest BCUT2D eigenvalue weighted by Crippen LogP contribution is -2.38. The van der Waals surface area contributed by atoms with Crippen molar-refractivity contribution in [3.63, 3.8) is 0 Å². The van der Waals surface area contributed by atoms with Crippen molar-refractivity contribution >= 4 is 11.6 Å². The highest BCUT2D eigenvalue weighted by molar-refractivity contribution is 5.93. The molecule has 0 radical (unpaired) electrons. The molecule has 0 bridgehead atoms. The van der Waals surface area contributed by atoms with E-state index in [4.69, 9.17) is 0 Å². The molecular weight excluding hydrogens is 271 g/mol. The summed E-state index contributed by atoms with van der Waals surface area (Å²) < 4.78 is 40.5. The minimum Gasteiger partial charge on any atom is -0.406 e. The molecule has 0 spiro atoms. The minimum atomic E-state index is -4.74. The van der Waals surface area contributed by atoms with Crippen molar-refractivity contribution in [2.75, 3.05) is 4.90 Å². The van der Waals surface area contributed by atoms with Gasteiger partial charge in [-0.25, -0.2) is 0 Å². The van der Waals surface area contributed by atoms with Crippen LogP contribution in [0.15, 0.2) is 24.3 Å². The monoisotopic (exact) mass is 289 g/mol. The number of amides is 1. The zero-order chi connectivity index (χ0) is 15.3. The van der Waals surface area contributed by atoms with Crippen LogP contribution in [0.5, 0.6) is 5.75 Å². The molecule has 0 saturated heterocycles. The number of hydrogen-bond donors (Lipinski definition) is 0. The largest absolute Gasteiger partial charge is 0.573 e. The number of ether oxygens (including phenoxy) is 1. The number of benzene rings is 1. The second-order valence-electron chi connectivity index (χ2n) is 4.42. The van der Waals surface area contributed by atoms with E-state index in [9.17, 15) is 18.0 Å². The van der Waals surface area contributed by atoms with E-state index in [1.807, 2.05) is 13.8 Å². The lowest BCUT2D eigenvalue weighted by molar-refractivity contribution is -0.274. The van der Waals surface area contributed by atoms with E-state index in [2.05, 4.69) is 4.74 Å². The second-order valence-corrected chi connectivity index (χ2v) is 4.42. The third kappa shape index (κ3) is 4.43. The van der Waals surface area contributed by atoms with Crippen LogP contribution in [0.2, 0.25) is 0 Å². The highest BCUT2D eigenvalue weighted by Gasteiger charge is 2.31. The number of nitrogens with zero attached hydrogens (tertiary/aromatic N) is 1. The van der Waals surface area contributed by atoms with Gasteiger partial charge in [-0.1, -0.05) is 19.9 Å². The SMILES string of the molecule is CCC(=O)N(c1cccc(OC(F)(F)F)c1)C(C)CC. The number of carbonyl (C=O) groups is 1. The molecule has 112 valence electrons. The molecular formula is C14H18F3NO2. The molecule has 1 amide bonds. The van der Waals surface area contributed by atoms with Gasteiger partial charge < -0.3 is 9.64 Å². The average molecular weight is 289 g/mol. The van der Waals surface area contributed by atoms with E-state index in [-0.39, 0.29) is 24.1 Å². The Morgan fingerprint density at radius 3 is 2.50 bits per heavy atom. The first-order valence-electron chi connectivity index (χ1n) is 6.46. The van der Waals surface area contributed by atoms with Crippen LogP contribution in [0.4, 0.5) is 18.9 Å². The van der Waals surface area contributed by atoms with Gasteiger partial charge in [0, 0.05) is 24.2 Å². The lowest BCUT2D eigenvalue weighted by Gasteiger charge is -2.28. The summed E-state index contributed by atoms with van der Waals surface area (Å²) in [5.41, 5.74) is 0.410. The number of anilines is 1. The summed E-state index contributed by atoms with van der Waals surface area (Å²) in [5.74, 6) is -0.462. The smallest absolute Gasteiger partial charge is 0.406 e. The van der Waals surface area contributed by atoms with Crippen LogP contribution in [0, 0.1) is 0 Å². The maximum Gasteiger partial charge on any atom is 0.573 e. The Hall–Kier alpha value is -1.72. The molecule has 1 rings (SSSR count). The van der Waals surface area contributed by atoms with Crippen molar-refractivity contribution < 1.29 is 22.7 Å². The van der Waals surface area contributed by atoms with Gasteiger partial charge in [0.1, 0.15) is 5.75 Å². The third-order valence-corrected chi connectivity index (χ3v) is 2.93. The maximum atomic E-state index is 12.2. The van der Waals surface area contributed by atoms with E-state index in [0.29, 0.717) is 12.1 Å². The summed E-state index contributed by atoms with van der Waals surface area (Å²) in [6.45, 7) is 5.48. The molecule has 0 N–H and O–H groups in total. The number of carbonyl (C=O) groups excluding carboxylic acids is 1. The summed E-state index contributed by atoms with van der Waals surface area (Å²) in [6.07, 6.45) is -3.75. The second kappa shape index (κ2) is 6.63. The quantitative estimate of drug-likeness (QED) is 0.815. The summed E-state index contributed by atoms with van der Waals surface area (Å²) in [7, 11) is 0. The highest BCUT2D eigenvalue weighted by atomic mass is 19.4. The summed E-state index contributed by atoms with van der Waals surface area (Å²) >= 11 is 0. The first-order valence-corrected chi connectivity index (χ1v) is 6.46. The molecule has 0 aliphatic heterocycles. The maximum absolute atomic E-state index is 12.2. The molecule has 0 aliphatic rings. The summed E-state index contributed by atoms with van der Waals surface area (Å²) in [4.78, 5) is 13.5. The van der Waals surface area contributed by atoms with Gasteiger partial charge in [0.25, 0.3) is 0 Å². The number of rotatable bonds is 5. The standard InChI is InChI=1S/C14H18F3NO2/c1-4-10(3)18(13(19)5-2)11-7-6-8-12(9-11)20-14(15,16)17/h6-10H,4-5H2,1-3H3. The van der Waals surface area contributed by atoms with Gasteiger partial charge >= 0.3 is 6.36 Å². The topological polar surface area (TPSA) is 29.5 Å². The van der Waals surface area contributed by atoms with Gasteiger partial charge in [0.15, 0.2) is 0 Å². The number of hydrogen-bond acceptors (Lipinski definition) is 2. The van der Waals surface area contributed by atoms with E-state index in [1.165, 1.54) is 23.1 Å². The molecule has 0 aromatic heterocycles. The lowest BCUT2D eigenvalue weighted by atomic mass is 10.1. The number of alkyl halides is 3. The van der Waals surface area contributed by atoms with Crippen molar-refractivity contribution in [3.05, 3.63) is 24.3 Å². The van der Waals surface area contributed by atoms with Gasteiger partial charge in [-0.05, 0) is 25.5 Å². The van der Waals surface area contributed by atoms with Crippen LogP contribution in [-0.2, 0) is 4.79 Å². The molecule has 0 saturated carbocycles. The first-order chi connectivity index (χ1) is 9.28. The van der Waals surface area contributed by atoms with Gasteiger partial charge in [-0.15, -0.1) is 13.2 Å². The molecule has 0 aliphatic carbocycles. The van der Waals surface area contributed by atoms with Crippen molar-refractivity contribution in [1.29, 1.82) is 0 Å². The van der Waals surface area contributed by atoms with Crippen molar-refractivity contribution in [1.82, 2.24) is 0 Å². The fourth-order valence-corrected chi connectivity index (χ4v) is 1.83. The van der Waals surface area contributed by atoms with Gasteiger partial charge in [0.05, 0.1) is 0 Å². The van der Waals surface area contributed by atoms with Crippen LogP contribution < -0.4 is 9.64 Å². The normalized spacial score (nSPS) is 12.9. The number of halogens is 3. The molecule has 1 aromatic carbocycles. The van der Waals surface area contributed by atoms with Crippen LogP contribution in [0.3, 0.4) is 0 Å². The Morgan fingerprint density at radius 1 is 1.35 bits per heavy atom. The van der Waals surface area contributed by atoms with Gasteiger partial charge in [0.2, 0.25) is 5.91 Å². The van der Waals surface area contributed by atoms with Gasteiger partial charge in [-0.2, -0.15) is 0 Å². The first kappa shape index (κ1) is 16.3. The minimum absolute atomic E-state index is 0.0939. The average Bonchev–Trinajstić information content (AvgIpc) is 2.37. The fourth-order valence-electron chi connectivity index (χ4n) is 1.83. The van der Waals surface area contributed by atoms with E-state index >= 15 is 0 Å². The van der Waals surface area contributed by atoms with E-state index in [1.54, 1.807) is 13.0 Å². The van der Waals surface area contributed by atoms with Crippen molar-refractivity contribution in [2.24, 2.45) is 0 Å². The summed E-state index contributed by atoms with van der Waals surface area (Å²) in [6, 6.07) is 5.39. The Kier molecular flexibility index (Phi) is 5.42. The van der Waals surface area contributed by atoms with Crippen LogP contribution in [-0.4, -0.2) is 18.3 Å². The molecule has 0 fully saturated rings. The Labute approximate surface area is 116 Å². The molecule has 3 nitrogen and oxygen atoms in total. The molecule has 20 heavy (non-hydrogen) atoms. The Bertz CT molecular complexity index is 460. The Morgan fingerprint density at radius 2 is 2.00 bits per heavy atom. The molecule has 0 heterocycles. The summed E-state index contributed by atoms with van der Waals surface area (Å²) in [5, 5.41) is 0. The van der Waals surface area contributed by atoms with E-state index < -0.39 is 6.36 Å². The Balaban J connectivity index is 3.08. The fraction of sp³-hybridized carbons (Fsp3) is 0.500. The zero-order valence-corrected chi connectivity index (χ0v) is 11.7. The van der Waals surface area contributed by atoms with E-state index in [0.717, 1.165) is 0 Å². The highest BCUT2D eigenvalue weighted by Crippen LogP contribution is 2.28. The predicted octanol–water partition coefficient (Wildman–Crippen LogP) is 4.13. The molecule has 1 aromatic rings. The van der Waals surface area contributed by atoms with Crippen LogP contribution >= 0.6 is 0 Å². The third-order valence-electron chi connectivity index (χ3n) is 2.93. The van der Waals surface area contributed by atoms with Crippen molar-refractivity contribution in [3.8, 4) is 5.75 Å². The molecule has 1 atom stereocenters.